The molecule has 98 heavy (non-hydrogen) atoms. The average Bonchev–Trinajstić information content (AvgIpc) is 1.51. The number of nitrogens with one attached hydrogen (secondary N) is 10. The van der Waals surface area contributed by atoms with Crippen LogP contribution in [0, 0.1) is 5.92 Å². The smallest absolute Gasteiger partial charge is 0.245 e. The van der Waals surface area contributed by atoms with Gasteiger partial charge in [-0.25, -0.2) is 0 Å². The van der Waals surface area contributed by atoms with Crippen molar-refractivity contribution in [1.82, 2.24) is 63.1 Å². The molecule has 2 saturated heterocycles. The van der Waals surface area contributed by atoms with Crippen molar-refractivity contribution < 1.29 is 57.5 Å². The lowest BCUT2D eigenvalue weighted by atomic mass is 9.98. The second-order valence-corrected chi connectivity index (χ2v) is 25.5. The molecule has 16 N–H and O–H groups in total. The minimum Gasteiger partial charge on any atom is -0.370 e. The van der Waals surface area contributed by atoms with Crippen molar-refractivity contribution in [2.24, 2.45) is 28.1 Å². The summed E-state index contributed by atoms with van der Waals surface area (Å²) in [6.45, 7) is 7.82. The third-order valence-electron chi connectivity index (χ3n) is 17.1. The van der Waals surface area contributed by atoms with Crippen molar-refractivity contribution >= 4 is 98.4 Å². The van der Waals surface area contributed by atoms with Crippen molar-refractivity contribution in [1.29, 1.82) is 0 Å². The number of likely N-dealkylation sites (tertiary alicyclic amines) is 1. The summed E-state index contributed by atoms with van der Waals surface area (Å²) >= 11 is 0. The van der Waals surface area contributed by atoms with E-state index in [1.807, 2.05) is 92.7 Å². The Kier molecular flexibility index (Phi) is 27.9. The van der Waals surface area contributed by atoms with E-state index < -0.39 is 131 Å². The van der Waals surface area contributed by atoms with Crippen LogP contribution in [0.2, 0.25) is 0 Å². The highest BCUT2D eigenvalue weighted by atomic mass is 16.2. The number of benzene rings is 4. The van der Waals surface area contributed by atoms with Gasteiger partial charge in [0.15, 0.2) is 5.96 Å². The number of guanidine groups is 1. The fraction of sp³-hybridized carbons (Fsp3) is 0.457. The van der Waals surface area contributed by atoms with Crippen LogP contribution in [0.15, 0.2) is 114 Å². The zero-order valence-corrected chi connectivity index (χ0v) is 56.0. The van der Waals surface area contributed by atoms with Crippen LogP contribution in [0.25, 0.3) is 21.5 Å². The van der Waals surface area contributed by atoms with Gasteiger partial charge in [0.1, 0.15) is 60.4 Å². The van der Waals surface area contributed by atoms with Crippen molar-refractivity contribution in [3.05, 3.63) is 126 Å². The monoisotopic (exact) mass is 1350 g/mol. The first-order valence-electron chi connectivity index (χ1n) is 33.3. The van der Waals surface area contributed by atoms with E-state index in [0.717, 1.165) is 21.5 Å². The number of nitrogens with zero attached hydrogens (tertiary/aromatic N) is 3. The topological polar surface area (TPSA) is 432 Å². The molecule has 0 saturated carbocycles. The molecule has 2 fully saturated rings. The Morgan fingerprint density at radius 1 is 0.633 bits per heavy atom. The Morgan fingerprint density at radius 2 is 1.23 bits per heavy atom. The Morgan fingerprint density at radius 3 is 1.88 bits per heavy atom. The number of primary amides is 1. The summed E-state index contributed by atoms with van der Waals surface area (Å²) in [6.07, 6.45) is 3.08. The number of carbonyl (C=O) groups is 12. The van der Waals surface area contributed by atoms with Crippen LogP contribution in [0.1, 0.15) is 116 Å². The Balaban J connectivity index is 1.25. The molecule has 3 heterocycles. The van der Waals surface area contributed by atoms with Crippen LogP contribution >= 0.6 is 0 Å². The SMILES string of the molecule is CC(=O)N[C@H](Cc1ccc2ccccc2c1)C(=O)N[C@@H]1CCC(=O)NCCCC[C@@H](C(=O)N2CCC[C@H]2C(=O)N[C@@H](C)C(N)=O)NC(=O)[C@H](CC(C)C)NC(=O)[C@H](Cc2ccc3ccccc3c2)NC(=O)[C@H](CCCN=C(N)N)NC(=O)[C@H](C)NC(=O)[C@H](Cc2cccnc2)NC1=O. The molecule has 0 spiro atoms. The third-order valence-corrected chi connectivity index (χ3v) is 17.1. The Labute approximate surface area is 569 Å². The summed E-state index contributed by atoms with van der Waals surface area (Å²) in [4.78, 5) is 180. The lowest BCUT2D eigenvalue weighted by molar-refractivity contribution is -0.142. The van der Waals surface area contributed by atoms with Gasteiger partial charge in [0, 0.05) is 64.6 Å². The maximum absolute atomic E-state index is 15.0. The number of carbonyl (C=O) groups excluding carboxylic acids is 12. The van der Waals surface area contributed by atoms with Crippen LogP contribution in [0.5, 0.6) is 0 Å². The highest BCUT2D eigenvalue weighted by molar-refractivity contribution is 6.00. The molecule has 1 aromatic heterocycles. The van der Waals surface area contributed by atoms with E-state index in [9.17, 15) is 52.7 Å². The van der Waals surface area contributed by atoms with Gasteiger partial charge in [0.25, 0.3) is 0 Å². The second kappa shape index (κ2) is 36.5. The zero-order valence-electron chi connectivity index (χ0n) is 56.0. The standard InChI is InChI=1S/C70H92N16O12/c1-40(2)33-54-65(94)82-53(69(98)86-32-14-22-58(86)68(97)77-41(3)60(71)89)20-10-11-30-75-59(88)28-27-52(81-66(95)55(79-43(5)87)36-44-23-25-47-16-6-8-18-49(47)34-44)63(92)85-57(38-46-15-12-29-74-39-46)64(93)78-42(4)61(90)80-51(21-13-31-76-70(72)73)62(91)84-56(67(96)83-54)37-45-24-26-48-17-7-9-19-50(48)35-45/h6-9,12,15-19,23-26,29,34-35,39-42,51-58H,10-11,13-14,20-22,27-28,30-33,36-38H2,1-5H3,(H2,71,89)(H,75,88)(H,77,97)(H,78,93)(H,79,87)(H,80,90)(H,81,95)(H,82,94)(H,83,96)(H,84,91)(H,85,92)(H4,72,73,76)/t41-,42-,51-,52+,53-,54-,55+,56-,57-,58-/m0/s1. The van der Waals surface area contributed by atoms with Crippen LogP contribution in [-0.4, -0.2) is 167 Å². The molecule has 0 bridgehead atoms. The number of amides is 12. The largest absolute Gasteiger partial charge is 0.370 e. The van der Waals surface area contributed by atoms with Crippen molar-refractivity contribution in [2.45, 2.75) is 179 Å². The normalized spacial score (nSPS) is 22.1. The maximum atomic E-state index is 15.0. The molecular formula is C70H92N16O12. The van der Waals surface area contributed by atoms with E-state index in [1.165, 1.54) is 38.1 Å². The van der Waals surface area contributed by atoms with E-state index in [1.54, 1.807) is 18.2 Å². The summed E-state index contributed by atoms with van der Waals surface area (Å²) in [7, 11) is 0. The van der Waals surface area contributed by atoms with E-state index in [4.69, 9.17) is 17.2 Å². The molecule has 0 radical (unpaired) electrons. The number of rotatable bonds is 19. The van der Waals surface area contributed by atoms with Gasteiger partial charge in [0.2, 0.25) is 70.9 Å². The molecule has 4 aromatic carbocycles. The Hall–Kier alpha value is -10.5. The molecule has 0 aliphatic carbocycles. The van der Waals surface area contributed by atoms with Gasteiger partial charge in [0.05, 0.1) is 0 Å². The quantitative estimate of drug-likeness (QED) is 0.0304. The fourth-order valence-electron chi connectivity index (χ4n) is 11.8. The van der Waals surface area contributed by atoms with Crippen LogP contribution in [0.4, 0.5) is 0 Å². The molecule has 524 valence electrons. The lowest BCUT2D eigenvalue weighted by Crippen LogP contribution is -2.60. The second-order valence-electron chi connectivity index (χ2n) is 25.5. The molecule has 0 unspecified atom stereocenters. The summed E-state index contributed by atoms with van der Waals surface area (Å²) in [5, 5.41) is 31.0. The highest BCUT2D eigenvalue weighted by Gasteiger charge is 2.40. The van der Waals surface area contributed by atoms with Crippen molar-refractivity contribution in [3.8, 4) is 0 Å². The summed E-state index contributed by atoms with van der Waals surface area (Å²) in [5.41, 5.74) is 18.5. The number of fused-ring (bicyclic) bond motifs is 2. The highest BCUT2D eigenvalue weighted by Crippen LogP contribution is 2.23. The summed E-state index contributed by atoms with van der Waals surface area (Å²) < 4.78 is 0. The summed E-state index contributed by atoms with van der Waals surface area (Å²) in [6, 6.07) is 16.2. The number of hydrogen-bond donors (Lipinski definition) is 13. The van der Waals surface area contributed by atoms with Crippen molar-refractivity contribution in [2.75, 3.05) is 19.6 Å². The molecule has 28 heteroatoms. The van der Waals surface area contributed by atoms with Gasteiger partial charge in [-0.1, -0.05) is 105 Å². The molecule has 7 rings (SSSR count). The number of hydrogen-bond acceptors (Lipinski definition) is 14. The predicted octanol–water partition coefficient (Wildman–Crippen LogP) is 0.495. The van der Waals surface area contributed by atoms with E-state index >= 15 is 4.79 Å². The molecular weight excluding hydrogens is 1260 g/mol. The van der Waals surface area contributed by atoms with Gasteiger partial charge < -0.3 is 75.3 Å². The van der Waals surface area contributed by atoms with Gasteiger partial charge in [-0.3, -0.25) is 67.5 Å². The minimum absolute atomic E-state index is 0.00436. The van der Waals surface area contributed by atoms with Gasteiger partial charge in [-0.15, -0.1) is 0 Å². The molecule has 2 aliphatic heterocycles. The first-order valence-corrected chi connectivity index (χ1v) is 33.3. The Bertz CT molecular complexity index is 3720. The van der Waals surface area contributed by atoms with Gasteiger partial charge in [-0.2, -0.15) is 0 Å². The molecule has 5 aromatic rings. The fourth-order valence-corrected chi connectivity index (χ4v) is 11.8. The van der Waals surface area contributed by atoms with Gasteiger partial charge in [-0.05, 0) is 122 Å². The van der Waals surface area contributed by atoms with Crippen LogP contribution < -0.4 is 70.4 Å². The lowest BCUT2D eigenvalue weighted by Gasteiger charge is -2.31. The summed E-state index contributed by atoms with van der Waals surface area (Å²) in [5.74, 6) is -9.46. The molecule has 10 atom stereocenters. The maximum Gasteiger partial charge on any atom is 0.245 e. The molecule has 28 nitrogen and oxygen atoms in total. The van der Waals surface area contributed by atoms with E-state index in [2.05, 4.69) is 63.1 Å². The van der Waals surface area contributed by atoms with Gasteiger partial charge >= 0.3 is 0 Å². The third kappa shape index (κ3) is 22.8. The van der Waals surface area contributed by atoms with E-state index in [0.29, 0.717) is 23.1 Å². The average molecular weight is 1350 g/mol. The van der Waals surface area contributed by atoms with E-state index in [-0.39, 0.29) is 109 Å². The first kappa shape index (κ1) is 74.8. The van der Waals surface area contributed by atoms with Crippen LogP contribution in [0.3, 0.4) is 0 Å². The number of nitrogens with two attached hydrogens (primary N) is 3. The zero-order chi connectivity index (χ0) is 71.0. The molecule has 12 amide bonds. The first-order chi connectivity index (χ1) is 46.8. The van der Waals surface area contributed by atoms with Crippen LogP contribution in [-0.2, 0) is 76.8 Å². The number of aliphatic imine (C=N–C) groups is 1. The molecule has 2 aliphatic rings. The number of aromatic nitrogens is 1. The van der Waals surface area contributed by atoms with Crippen molar-refractivity contribution in [3.63, 3.8) is 0 Å². The number of pyridine rings is 1. The predicted molar refractivity (Wildman–Crippen MR) is 367 cm³/mol. The minimum atomic E-state index is -1.52.